The van der Waals surface area contributed by atoms with Crippen LogP contribution in [0.3, 0.4) is 0 Å². The Morgan fingerprint density at radius 2 is 2.33 bits per heavy atom. The number of hydrogen-bond acceptors (Lipinski definition) is 3. The van der Waals surface area contributed by atoms with Gasteiger partial charge in [-0.2, -0.15) is 0 Å². The second-order valence-corrected chi connectivity index (χ2v) is 3.17. The average Bonchev–Trinajstić information content (AvgIpc) is 1.94. The van der Waals surface area contributed by atoms with Gasteiger partial charge in [0, 0.05) is 6.42 Å². The van der Waals surface area contributed by atoms with Crippen molar-refractivity contribution in [2.24, 2.45) is 0 Å². The van der Waals surface area contributed by atoms with E-state index in [9.17, 15) is 0 Å². The molecule has 0 aliphatic carbocycles. The third-order valence-electron chi connectivity index (χ3n) is 1.51. The molecule has 0 radical (unpaired) electrons. The smallest absolute Gasteiger partial charge is 0.147 e. The molecule has 0 bridgehead atoms. The number of hydrogen-bond donors (Lipinski definition) is 1. The van der Waals surface area contributed by atoms with Gasteiger partial charge in [-0.1, -0.05) is 11.6 Å². The Kier molecular flexibility index (Phi) is 3.00. The van der Waals surface area contributed by atoms with Crippen LogP contribution in [0, 0.1) is 6.92 Å². The lowest BCUT2D eigenvalue weighted by molar-refractivity contribution is 0.194. The van der Waals surface area contributed by atoms with Gasteiger partial charge in [0.15, 0.2) is 0 Å². The predicted octanol–water partition coefficient (Wildman–Crippen LogP) is 1.36. The monoisotopic (exact) mass is 186 g/mol. The van der Waals surface area contributed by atoms with E-state index in [1.165, 1.54) is 6.20 Å². The predicted molar refractivity (Wildman–Crippen MR) is 47.2 cm³/mol. The summed E-state index contributed by atoms with van der Waals surface area (Å²) in [7, 11) is 0. The largest absolute Gasteiger partial charge is 0.393 e. The van der Waals surface area contributed by atoms with E-state index in [4.69, 9.17) is 16.7 Å². The van der Waals surface area contributed by atoms with Gasteiger partial charge in [0.05, 0.1) is 23.7 Å². The molecule has 1 atom stereocenters. The maximum absolute atomic E-state index is 9.10. The van der Waals surface area contributed by atoms with Crippen LogP contribution in [0.5, 0.6) is 0 Å². The topological polar surface area (TPSA) is 46.0 Å². The molecule has 1 heterocycles. The molecule has 0 fully saturated rings. The Hall–Kier alpha value is -0.670. The zero-order valence-corrected chi connectivity index (χ0v) is 7.84. The zero-order valence-electron chi connectivity index (χ0n) is 7.08. The van der Waals surface area contributed by atoms with Crippen LogP contribution < -0.4 is 0 Å². The molecule has 0 aromatic carbocycles. The van der Waals surface area contributed by atoms with Gasteiger partial charge in [0.2, 0.25) is 0 Å². The van der Waals surface area contributed by atoms with Gasteiger partial charge in [0.1, 0.15) is 5.15 Å². The Morgan fingerprint density at radius 1 is 1.67 bits per heavy atom. The molecule has 0 aliphatic heterocycles. The van der Waals surface area contributed by atoms with Crippen LogP contribution in [-0.2, 0) is 6.42 Å². The van der Waals surface area contributed by atoms with Crippen molar-refractivity contribution in [3.05, 3.63) is 22.7 Å². The van der Waals surface area contributed by atoms with Crippen molar-refractivity contribution >= 4 is 11.6 Å². The summed E-state index contributed by atoms with van der Waals surface area (Å²) in [6, 6.07) is 0. The van der Waals surface area contributed by atoms with Gasteiger partial charge < -0.3 is 5.11 Å². The van der Waals surface area contributed by atoms with Crippen LogP contribution in [0.4, 0.5) is 0 Å². The van der Waals surface area contributed by atoms with E-state index in [1.54, 1.807) is 6.92 Å². The van der Waals surface area contributed by atoms with Crippen LogP contribution >= 0.6 is 11.6 Å². The van der Waals surface area contributed by atoms with Crippen LogP contribution in [0.25, 0.3) is 0 Å². The Balaban J connectivity index is 2.86. The summed E-state index contributed by atoms with van der Waals surface area (Å²) in [5.74, 6) is 0. The first-order valence-corrected chi connectivity index (χ1v) is 4.13. The van der Waals surface area contributed by atoms with E-state index >= 15 is 0 Å². The van der Waals surface area contributed by atoms with Gasteiger partial charge in [-0.3, -0.25) is 4.98 Å². The fraction of sp³-hybridized carbons (Fsp3) is 0.500. The summed E-state index contributed by atoms with van der Waals surface area (Å²) in [5, 5.41) is 9.49. The van der Waals surface area contributed by atoms with E-state index in [2.05, 4.69) is 9.97 Å². The standard InChI is InChI=1S/C8H11ClN2O/c1-5(12)3-7-6(2)11-8(9)4-10-7/h4-5,12H,3H2,1-2H3. The van der Waals surface area contributed by atoms with Crippen molar-refractivity contribution in [2.45, 2.75) is 26.4 Å². The number of halogens is 1. The van der Waals surface area contributed by atoms with Crippen molar-refractivity contribution in [3.63, 3.8) is 0 Å². The minimum absolute atomic E-state index is 0.390. The molecule has 0 saturated heterocycles. The van der Waals surface area contributed by atoms with Crippen molar-refractivity contribution in [1.29, 1.82) is 0 Å². The first kappa shape index (κ1) is 9.42. The highest BCUT2D eigenvalue weighted by Crippen LogP contribution is 2.08. The van der Waals surface area contributed by atoms with Gasteiger partial charge in [-0.05, 0) is 13.8 Å². The molecule has 0 spiro atoms. The second kappa shape index (κ2) is 3.83. The number of aryl methyl sites for hydroxylation is 1. The highest BCUT2D eigenvalue weighted by atomic mass is 35.5. The minimum atomic E-state index is -0.390. The SMILES string of the molecule is Cc1nc(Cl)cnc1CC(C)O. The lowest BCUT2D eigenvalue weighted by atomic mass is 10.2. The Bertz CT molecular complexity index is 276. The van der Waals surface area contributed by atoms with Gasteiger partial charge in [0.25, 0.3) is 0 Å². The summed E-state index contributed by atoms with van der Waals surface area (Å²) < 4.78 is 0. The minimum Gasteiger partial charge on any atom is -0.393 e. The molecule has 1 unspecified atom stereocenters. The van der Waals surface area contributed by atoms with E-state index in [1.807, 2.05) is 6.92 Å². The van der Waals surface area contributed by atoms with Crippen LogP contribution in [0.2, 0.25) is 5.15 Å². The van der Waals surface area contributed by atoms with Gasteiger partial charge >= 0.3 is 0 Å². The number of nitrogens with zero attached hydrogens (tertiary/aromatic N) is 2. The lowest BCUT2D eigenvalue weighted by Gasteiger charge is -2.05. The summed E-state index contributed by atoms with van der Waals surface area (Å²) in [6.45, 7) is 3.55. The number of aromatic nitrogens is 2. The van der Waals surface area contributed by atoms with Crippen molar-refractivity contribution in [1.82, 2.24) is 9.97 Å². The van der Waals surface area contributed by atoms with Crippen molar-refractivity contribution < 1.29 is 5.11 Å². The average molecular weight is 187 g/mol. The number of rotatable bonds is 2. The Morgan fingerprint density at radius 3 is 2.83 bits per heavy atom. The summed E-state index contributed by atoms with van der Waals surface area (Å²) in [4.78, 5) is 8.08. The molecular formula is C8H11ClN2O. The van der Waals surface area contributed by atoms with E-state index in [0.29, 0.717) is 11.6 Å². The summed E-state index contributed by atoms with van der Waals surface area (Å²) in [5.41, 5.74) is 1.58. The highest BCUT2D eigenvalue weighted by Gasteiger charge is 2.05. The summed E-state index contributed by atoms with van der Waals surface area (Å²) in [6.07, 6.45) is 1.63. The molecule has 4 heteroatoms. The molecule has 0 aliphatic rings. The molecule has 66 valence electrons. The number of aliphatic hydroxyl groups is 1. The number of aliphatic hydroxyl groups excluding tert-OH is 1. The molecule has 0 amide bonds. The third kappa shape index (κ3) is 2.43. The first-order valence-electron chi connectivity index (χ1n) is 3.75. The molecule has 1 aromatic rings. The zero-order chi connectivity index (χ0) is 9.14. The van der Waals surface area contributed by atoms with E-state index in [-0.39, 0.29) is 6.10 Å². The summed E-state index contributed by atoms with van der Waals surface area (Å²) >= 11 is 5.62. The molecular weight excluding hydrogens is 176 g/mol. The molecule has 12 heavy (non-hydrogen) atoms. The van der Waals surface area contributed by atoms with Crippen molar-refractivity contribution in [3.8, 4) is 0 Å². The van der Waals surface area contributed by atoms with Crippen LogP contribution in [0.1, 0.15) is 18.3 Å². The maximum Gasteiger partial charge on any atom is 0.147 e. The maximum atomic E-state index is 9.10. The molecule has 1 rings (SSSR count). The third-order valence-corrected chi connectivity index (χ3v) is 1.69. The van der Waals surface area contributed by atoms with E-state index < -0.39 is 0 Å². The van der Waals surface area contributed by atoms with Crippen LogP contribution in [0.15, 0.2) is 6.20 Å². The molecule has 1 aromatic heterocycles. The Labute approximate surface area is 76.4 Å². The molecule has 3 nitrogen and oxygen atoms in total. The first-order chi connectivity index (χ1) is 5.59. The second-order valence-electron chi connectivity index (χ2n) is 2.78. The normalized spacial score (nSPS) is 13.0. The molecule has 0 saturated carbocycles. The quantitative estimate of drug-likeness (QED) is 0.759. The van der Waals surface area contributed by atoms with Crippen molar-refractivity contribution in [2.75, 3.05) is 0 Å². The van der Waals surface area contributed by atoms with Gasteiger partial charge in [-0.15, -0.1) is 0 Å². The highest BCUT2D eigenvalue weighted by molar-refractivity contribution is 6.29. The fourth-order valence-corrected chi connectivity index (χ4v) is 1.13. The fourth-order valence-electron chi connectivity index (χ4n) is 0.958. The molecule has 1 N–H and O–H groups in total. The van der Waals surface area contributed by atoms with E-state index in [0.717, 1.165) is 11.4 Å². The van der Waals surface area contributed by atoms with Gasteiger partial charge in [-0.25, -0.2) is 4.98 Å². The lowest BCUT2D eigenvalue weighted by Crippen LogP contribution is -2.08. The van der Waals surface area contributed by atoms with Crippen LogP contribution in [-0.4, -0.2) is 21.2 Å².